The Kier molecular flexibility index (Phi) is 5.75. The molecule has 1 amide bonds. The van der Waals surface area contributed by atoms with Crippen molar-refractivity contribution in [2.75, 3.05) is 10.2 Å². The van der Waals surface area contributed by atoms with Crippen molar-refractivity contribution >= 4 is 56.0 Å². The van der Waals surface area contributed by atoms with E-state index in [1.54, 1.807) is 6.07 Å². The maximum Gasteiger partial charge on any atom is 0.267 e. The molecule has 0 unspecified atom stereocenters. The van der Waals surface area contributed by atoms with Crippen molar-refractivity contribution in [2.45, 2.75) is 19.9 Å². The number of hydrogen-bond donors (Lipinski definition) is 1. The minimum atomic E-state index is -0.351. The number of rotatable bonds is 5. The van der Waals surface area contributed by atoms with Crippen molar-refractivity contribution in [3.8, 4) is 0 Å². The second-order valence-corrected chi connectivity index (χ2v) is 8.62. The van der Waals surface area contributed by atoms with Crippen LogP contribution in [0.4, 0.5) is 21.5 Å². The zero-order chi connectivity index (χ0) is 21.3. The lowest BCUT2D eigenvalue weighted by molar-refractivity contribution is 0.103. The first kappa shape index (κ1) is 20.4. The summed E-state index contributed by atoms with van der Waals surface area (Å²) in [5.41, 5.74) is 2.80. The van der Waals surface area contributed by atoms with Gasteiger partial charge in [-0.05, 0) is 68.4 Å². The number of amides is 1. The Labute approximate surface area is 183 Å². The molecule has 0 fully saturated rings. The van der Waals surface area contributed by atoms with Gasteiger partial charge in [0.2, 0.25) is 0 Å². The highest BCUT2D eigenvalue weighted by molar-refractivity contribution is 7.21. The van der Waals surface area contributed by atoms with E-state index in [1.165, 1.54) is 23.5 Å². The first-order valence-corrected chi connectivity index (χ1v) is 10.8. The number of carbonyl (C=O) groups excluding carboxylic acids is 1. The van der Waals surface area contributed by atoms with Crippen molar-refractivity contribution in [1.29, 1.82) is 0 Å². The predicted octanol–water partition coefficient (Wildman–Crippen LogP) is 7.49. The number of benzene rings is 3. The Morgan fingerprint density at radius 3 is 2.33 bits per heavy atom. The van der Waals surface area contributed by atoms with Gasteiger partial charge >= 0.3 is 0 Å². The topological polar surface area (TPSA) is 32.3 Å². The van der Waals surface area contributed by atoms with E-state index in [1.807, 2.05) is 42.5 Å². The van der Waals surface area contributed by atoms with Crippen LogP contribution in [0, 0.1) is 5.82 Å². The van der Waals surface area contributed by atoms with E-state index in [9.17, 15) is 9.18 Å². The Hall–Kier alpha value is -2.89. The molecule has 0 bridgehead atoms. The standard InChI is InChI=1S/C24H20ClFN2OS/c1-15(2)28(18-6-4-3-5-7-18)19-11-9-17(10-12-19)27-24(29)23-22(25)20-13-8-16(26)14-21(20)30-23/h3-15H,1-2H3,(H,27,29). The van der Waals surface area contributed by atoms with Gasteiger partial charge < -0.3 is 10.2 Å². The van der Waals surface area contributed by atoms with Crippen molar-refractivity contribution in [1.82, 2.24) is 0 Å². The maximum absolute atomic E-state index is 13.5. The molecule has 3 nitrogen and oxygen atoms in total. The zero-order valence-electron chi connectivity index (χ0n) is 16.5. The molecular formula is C24H20ClFN2OS. The van der Waals surface area contributed by atoms with Crippen molar-refractivity contribution in [3.63, 3.8) is 0 Å². The number of halogens is 2. The second kappa shape index (κ2) is 8.46. The lowest BCUT2D eigenvalue weighted by Crippen LogP contribution is -2.25. The van der Waals surface area contributed by atoms with E-state index in [2.05, 4.69) is 36.2 Å². The first-order valence-electron chi connectivity index (χ1n) is 9.57. The van der Waals surface area contributed by atoms with Gasteiger partial charge in [0.05, 0.1) is 5.02 Å². The largest absolute Gasteiger partial charge is 0.339 e. The Morgan fingerprint density at radius 2 is 1.67 bits per heavy atom. The van der Waals surface area contributed by atoms with Crippen molar-refractivity contribution in [3.05, 3.63) is 88.5 Å². The highest BCUT2D eigenvalue weighted by atomic mass is 35.5. The molecule has 6 heteroatoms. The van der Waals surface area contributed by atoms with Gasteiger partial charge in [-0.3, -0.25) is 4.79 Å². The Bertz CT molecular complexity index is 1190. The van der Waals surface area contributed by atoms with Gasteiger partial charge in [-0.1, -0.05) is 29.8 Å². The molecule has 0 spiro atoms. The third kappa shape index (κ3) is 4.04. The molecule has 0 radical (unpaired) electrons. The summed E-state index contributed by atoms with van der Waals surface area (Å²) in [4.78, 5) is 15.3. The van der Waals surface area contributed by atoms with Crippen LogP contribution >= 0.6 is 22.9 Å². The van der Waals surface area contributed by atoms with Crippen LogP contribution in [0.15, 0.2) is 72.8 Å². The van der Waals surface area contributed by atoms with Gasteiger partial charge in [0.1, 0.15) is 10.7 Å². The molecule has 1 aromatic heterocycles. The molecule has 1 N–H and O–H groups in total. The number of para-hydroxylation sites is 1. The third-order valence-electron chi connectivity index (χ3n) is 4.75. The second-order valence-electron chi connectivity index (χ2n) is 7.19. The van der Waals surface area contributed by atoms with Crippen LogP contribution in [0.3, 0.4) is 0 Å². The summed E-state index contributed by atoms with van der Waals surface area (Å²) in [6.45, 7) is 4.27. The van der Waals surface area contributed by atoms with Gasteiger partial charge in [-0.15, -0.1) is 11.3 Å². The molecule has 0 atom stereocenters. The smallest absolute Gasteiger partial charge is 0.267 e. The Morgan fingerprint density at radius 1 is 1.00 bits per heavy atom. The monoisotopic (exact) mass is 438 g/mol. The molecule has 4 rings (SSSR count). The highest BCUT2D eigenvalue weighted by Crippen LogP contribution is 2.36. The number of nitrogens with one attached hydrogen (secondary N) is 1. The molecule has 3 aromatic carbocycles. The first-order chi connectivity index (χ1) is 14.4. The average Bonchev–Trinajstić information content (AvgIpc) is 3.06. The fraction of sp³-hybridized carbons (Fsp3) is 0.125. The zero-order valence-corrected chi connectivity index (χ0v) is 18.1. The normalized spacial score (nSPS) is 11.1. The molecule has 0 aliphatic rings. The van der Waals surface area contributed by atoms with Crippen molar-refractivity contribution in [2.24, 2.45) is 0 Å². The summed E-state index contributed by atoms with van der Waals surface area (Å²) in [5.74, 6) is -0.658. The van der Waals surface area contributed by atoms with Crippen LogP contribution < -0.4 is 10.2 Å². The lowest BCUT2D eigenvalue weighted by atomic mass is 10.2. The summed E-state index contributed by atoms with van der Waals surface area (Å²) < 4.78 is 14.1. The number of nitrogens with zero attached hydrogens (tertiary/aromatic N) is 1. The Balaban J connectivity index is 1.56. The number of thiophene rings is 1. The average molecular weight is 439 g/mol. The minimum Gasteiger partial charge on any atom is -0.339 e. The highest BCUT2D eigenvalue weighted by Gasteiger charge is 2.18. The van der Waals surface area contributed by atoms with E-state index in [0.29, 0.717) is 25.7 Å². The van der Waals surface area contributed by atoms with E-state index in [4.69, 9.17) is 11.6 Å². The molecule has 0 aliphatic carbocycles. The van der Waals surface area contributed by atoms with Crippen LogP contribution in [0.25, 0.3) is 10.1 Å². The molecule has 1 heterocycles. The molecule has 30 heavy (non-hydrogen) atoms. The van der Waals surface area contributed by atoms with Crippen LogP contribution in [-0.4, -0.2) is 11.9 Å². The maximum atomic E-state index is 13.5. The molecule has 0 aliphatic heterocycles. The van der Waals surface area contributed by atoms with E-state index in [0.717, 1.165) is 11.4 Å². The van der Waals surface area contributed by atoms with E-state index in [-0.39, 0.29) is 17.8 Å². The minimum absolute atomic E-state index is 0.269. The predicted molar refractivity (Wildman–Crippen MR) is 125 cm³/mol. The van der Waals surface area contributed by atoms with Crippen molar-refractivity contribution < 1.29 is 9.18 Å². The summed E-state index contributed by atoms with van der Waals surface area (Å²) in [5, 5.41) is 3.91. The van der Waals surface area contributed by atoms with Crippen LogP contribution in [0.2, 0.25) is 5.02 Å². The van der Waals surface area contributed by atoms with Gasteiger partial charge in [0, 0.05) is 33.2 Å². The number of carbonyl (C=O) groups is 1. The number of hydrogen-bond acceptors (Lipinski definition) is 3. The fourth-order valence-electron chi connectivity index (χ4n) is 3.41. The lowest BCUT2D eigenvalue weighted by Gasteiger charge is -2.29. The summed E-state index contributed by atoms with van der Waals surface area (Å²) in [6.07, 6.45) is 0. The van der Waals surface area contributed by atoms with Gasteiger partial charge in [0.15, 0.2) is 0 Å². The molecule has 0 saturated carbocycles. The quantitative estimate of drug-likeness (QED) is 0.350. The summed E-state index contributed by atoms with van der Waals surface area (Å²) in [7, 11) is 0. The summed E-state index contributed by atoms with van der Waals surface area (Å²) in [6, 6.07) is 22.5. The van der Waals surface area contributed by atoms with Crippen LogP contribution in [0.1, 0.15) is 23.5 Å². The molecular weight excluding hydrogens is 419 g/mol. The van der Waals surface area contributed by atoms with E-state index >= 15 is 0 Å². The molecule has 4 aromatic rings. The number of fused-ring (bicyclic) bond motifs is 1. The SMILES string of the molecule is CC(C)N(c1ccccc1)c1ccc(NC(=O)c2sc3cc(F)ccc3c2Cl)cc1. The molecule has 152 valence electrons. The molecule has 0 saturated heterocycles. The van der Waals surface area contributed by atoms with Gasteiger partial charge in [-0.2, -0.15) is 0 Å². The van der Waals surface area contributed by atoms with Gasteiger partial charge in [-0.25, -0.2) is 4.39 Å². The van der Waals surface area contributed by atoms with E-state index < -0.39 is 0 Å². The number of anilines is 3. The fourth-order valence-corrected chi connectivity index (χ4v) is 4.85. The third-order valence-corrected chi connectivity index (χ3v) is 6.41. The van der Waals surface area contributed by atoms with Crippen LogP contribution in [0.5, 0.6) is 0 Å². The summed E-state index contributed by atoms with van der Waals surface area (Å²) >= 11 is 7.54. The van der Waals surface area contributed by atoms with Crippen LogP contribution in [-0.2, 0) is 0 Å². The van der Waals surface area contributed by atoms with Gasteiger partial charge in [0.25, 0.3) is 5.91 Å².